The zero-order valence-corrected chi connectivity index (χ0v) is 20.6. The van der Waals surface area contributed by atoms with Crippen LogP contribution in [0.4, 0.5) is 24.7 Å². The molecule has 2 aliphatic carbocycles. The molecule has 0 amide bonds. The molecule has 2 aromatic rings. The molecule has 1 aromatic heterocycles. The van der Waals surface area contributed by atoms with Crippen LogP contribution in [0.25, 0.3) is 0 Å². The molecule has 6 rings (SSSR count). The van der Waals surface area contributed by atoms with E-state index in [1.807, 2.05) is 9.62 Å². The fourth-order valence-corrected chi connectivity index (χ4v) is 7.82. The molecule has 2 saturated heterocycles. The van der Waals surface area contributed by atoms with Gasteiger partial charge >= 0.3 is 0 Å². The van der Waals surface area contributed by atoms with E-state index >= 15 is 8.78 Å². The highest BCUT2D eigenvalue weighted by Crippen LogP contribution is 2.58. The second-order valence-electron chi connectivity index (χ2n) is 10.6. The van der Waals surface area contributed by atoms with Gasteiger partial charge in [0.1, 0.15) is 16.7 Å². The summed E-state index contributed by atoms with van der Waals surface area (Å²) in [6.45, 7) is 3.52. The Kier molecular flexibility index (Phi) is 5.33. The zero-order valence-electron chi connectivity index (χ0n) is 19.0. The van der Waals surface area contributed by atoms with Crippen LogP contribution < -0.4 is 9.62 Å². The molecule has 2 spiro atoms. The maximum atomic E-state index is 15.2. The lowest BCUT2D eigenvalue weighted by molar-refractivity contribution is -0.000724. The van der Waals surface area contributed by atoms with E-state index in [-0.39, 0.29) is 11.1 Å². The summed E-state index contributed by atoms with van der Waals surface area (Å²) in [6.07, 6.45) is 7.02. The number of nitrogens with zero attached hydrogens (tertiary/aromatic N) is 3. The molecule has 1 N–H and O–H groups in total. The van der Waals surface area contributed by atoms with E-state index in [4.69, 9.17) is 11.6 Å². The van der Waals surface area contributed by atoms with E-state index in [0.717, 1.165) is 44.5 Å². The molecular weight excluding hydrogens is 501 g/mol. The van der Waals surface area contributed by atoms with Crippen molar-refractivity contribution in [2.75, 3.05) is 35.8 Å². The normalized spacial score (nSPS) is 27.5. The van der Waals surface area contributed by atoms with Crippen molar-refractivity contribution in [1.82, 2.24) is 9.88 Å². The summed E-state index contributed by atoms with van der Waals surface area (Å²) in [5, 5.41) is -0.440. The van der Waals surface area contributed by atoms with Crippen molar-refractivity contribution in [1.29, 1.82) is 0 Å². The van der Waals surface area contributed by atoms with Crippen LogP contribution in [0.5, 0.6) is 0 Å². The van der Waals surface area contributed by atoms with Gasteiger partial charge < -0.3 is 4.90 Å². The Hall–Kier alpha value is -2.04. The van der Waals surface area contributed by atoms with E-state index in [1.54, 1.807) is 0 Å². The van der Waals surface area contributed by atoms with Crippen LogP contribution in [0.3, 0.4) is 0 Å². The minimum atomic E-state index is -4.73. The Labute approximate surface area is 207 Å². The molecule has 188 valence electrons. The Morgan fingerprint density at radius 3 is 2.51 bits per heavy atom. The van der Waals surface area contributed by atoms with E-state index in [1.165, 1.54) is 31.4 Å². The van der Waals surface area contributed by atoms with Gasteiger partial charge in [0.05, 0.1) is 5.69 Å². The van der Waals surface area contributed by atoms with Crippen molar-refractivity contribution < 1.29 is 21.6 Å². The zero-order chi connectivity index (χ0) is 24.6. The molecule has 2 saturated carbocycles. The number of likely N-dealkylation sites (tertiary alicyclic amines) is 1. The minimum Gasteiger partial charge on any atom is -0.370 e. The van der Waals surface area contributed by atoms with Crippen LogP contribution in [0.2, 0.25) is 5.02 Å². The van der Waals surface area contributed by atoms with Crippen molar-refractivity contribution >= 4 is 33.1 Å². The number of anilines is 2. The molecule has 1 aromatic carbocycles. The standard InChI is InChI=1S/C24H26ClF3N4O2S/c25-20-16(12-15(26)22(21(20)28)35(33,34)30-19-3-1-2-18(27)29-19)31-11-9-24(14-31)5-4-17(24)32-10-8-23(13-32)6-7-23/h1-3,12,17H,4-11,13-14H2,(H,29,30)/t17-,24+/m1/s1. The first-order chi connectivity index (χ1) is 16.6. The topological polar surface area (TPSA) is 65.5 Å². The van der Waals surface area contributed by atoms with Gasteiger partial charge in [-0.25, -0.2) is 22.2 Å². The summed E-state index contributed by atoms with van der Waals surface area (Å²) in [7, 11) is -4.73. The number of pyridine rings is 1. The number of sulfonamides is 1. The lowest BCUT2D eigenvalue weighted by atomic mass is 9.63. The summed E-state index contributed by atoms with van der Waals surface area (Å²) in [6, 6.07) is 4.89. The fraction of sp³-hybridized carbons (Fsp3) is 0.542. The first kappa shape index (κ1) is 23.4. The van der Waals surface area contributed by atoms with E-state index in [2.05, 4.69) is 9.88 Å². The van der Waals surface area contributed by atoms with E-state index in [9.17, 15) is 12.8 Å². The van der Waals surface area contributed by atoms with Crippen LogP contribution in [0.1, 0.15) is 38.5 Å². The van der Waals surface area contributed by atoms with Gasteiger partial charge in [0.2, 0.25) is 5.95 Å². The highest BCUT2D eigenvalue weighted by Gasteiger charge is 2.57. The molecule has 3 heterocycles. The average molecular weight is 527 g/mol. The predicted octanol–water partition coefficient (Wildman–Crippen LogP) is 4.80. The Morgan fingerprint density at radius 2 is 1.86 bits per heavy atom. The van der Waals surface area contributed by atoms with Crippen LogP contribution >= 0.6 is 11.6 Å². The second kappa shape index (κ2) is 7.98. The quantitative estimate of drug-likeness (QED) is 0.448. The predicted molar refractivity (Wildman–Crippen MR) is 127 cm³/mol. The molecule has 6 nitrogen and oxygen atoms in total. The Bertz CT molecular complexity index is 1310. The lowest BCUT2D eigenvalue weighted by Crippen LogP contribution is -2.56. The molecule has 11 heteroatoms. The lowest BCUT2D eigenvalue weighted by Gasteiger charge is -2.51. The van der Waals surface area contributed by atoms with Crippen molar-refractivity contribution in [2.45, 2.75) is 49.5 Å². The van der Waals surface area contributed by atoms with Crippen LogP contribution in [-0.2, 0) is 10.0 Å². The highest BCUT2D eigenvalue weighted by molar-refractivity contribution is 7.92. The molecule has 2 atom stereocenters. The van der Waals surface area contributed by atoms with Gasteiger partial charge in [-0.3, -0.25) is 9.62 Å². The molecule has 4 fully saturated rings. The van der Waals surface area contributed by atoms with Crippen molar-refractivity contribution in [3.63, 3.8) is 0 Å². The summed E-state index contributed by atoms with van der Waals surface area (Å²) in [5.41, 5.74) is 0.778. The Balaban J connectivity index is 1.24. The summed E-state index contributed by atoms with van der Waals surface area (Å²) in [4.78, 5) is 6.67. The van der Waals surface area contributed by atoms with Gasteiger partial charge in [-0.05, 0) is 62.6 Å². The number of rotatable bonds is 5. The third-order valence-electron chi connectivity index (χ3n) is 8.53. The molecule has 0 unspecified atom stereocenters. The Morgan fingerprint density at radius 1 is 1.06 bits per heavy atom. The number of nitrogens with one attached hydrogen (secondary N) is 1. The summed E-state index contributed by atoms with van der Waals surface area (Å²) in [5.74, 6) is -3.95. The van der Waals surface area contributed by atoms with Crippen molar-refractivity contribution in [3.05, 3.63) is 46.9 Å². The highest BCUT2D eigenvalue weighted by atomic mass is 35.5. The second-order valence-corrected chi connectivity index (χ2v) is 12.6. The van der Waals surface area contributed by atoms with E-state index < -0.39 is 43.3 Å². The van der Waals surface area contributed by atoms with Crippen molar-refractivity contribution in [2.24, 2.45) is 10.8 Å². The monoisotopic (exact) mass is 526 g/mol. The minimum absolute atomic E-state index is 0.0755. The number of halogens is 4. The van der Waals surface area contributed by atoms with Gasteiger partial charge in [0.25, 0.3) is 10.0 Å². The van der Waals surface area contributed by atoms with Gasteiger partial charge in [-0.1, -0.05) is 17.7 Å². The summed E-state index contributed by atoms with van der Waals surface area (Å²) >= 11 is 6.29. The molecule has 0 bridgehead atoms. The van der Waals surface area contributed by atoms with Gasteiger partial charge in [0.15, 0.2) is 10.7 Å². The number of benzene rings is 1. The van der Waals surface area contributed by atoms with Gasteiger partial charge in [-0.15, -0.1) is 0 Å². The molecule has 0 radical (unpaired) electrons. The summed E-state index contributed by atoms with van der Waals surface area (Å²) < 4.78 is 71.0. The maximum absolute atomic E-state index is 15.2. The van der Waals surface area contributed by atoms with E-state index in [0.29, 0.717) is 24.5 Å². The van der Waals surface area contributed by atoms with Crippen molar-refractivity contribution in [3.8, 4) is 0 Å². The first-order valence-corrected chi connectivity index (χ1v) is 13.8. The third-order valence-corrected chi connectivity index (χ3v) is 10.3. The number of aromatic nitrogens is 1. The number of hydrogen-bond acceptors (Lipinski definition) is 5. The molecular formula is C24H26ClF3N4O2S. The molecule has 2 aliphatic heterocycles. The van der Waals surface area contributed by atoms with Crippen LogP contribution in [0, 0.1) is 28.4 Å². The SMILES string of the molecule is O=S(=O)(Nc1cccc(F)n1)c1c(F)cc(N2CC[C@@]3(CC[C@H]3N3CCC4(CC4)C3)C2)c(Cl)c1F. The fourth-order valence-electron chi connectivity index (χ4n) is 6.35. The maximum Gasteiger partial charge on any atom is 0.268 e. The van der Waals surface area contributed by atoms with Crippen LogP contribution in [0.15, 0.2) is 29.2 Å². The third kappa shape index (κ3) is 3.88. The molecule has 4 aliphatic rings. The van der Waals surface area contributed by atoms with Gasteiger partial charge in [0, 0.05) is 37.2 Å². The number of hydrogen-bond donors (Lipinski definition) is 1. The van der Waals surface area contributed by atoms with Crippen LogP contribution in [-0.4, -0.2) is 50.5 Å². The molecule has 35 heavy (non-hydrogen) atoms. The van der Waals surface area contributed by atoms with Gasteiger partial charge in [-0.2, -0.15) is 4.39 Å². The first-order valence-electron chi connectivity index (χ1n) is 11.9. The average Bonchev–Trinajstić information content (AvgIpc) is 3.18. The largest absolute Gasteiger partial charge is 0.370 e. The smallest absolute Gasteiger partial charge is 0.268 e.